The summed E-state index contributed by atoms with van der Waals surface area (Å²) in [6.45, 7) is 5.61. The molecule has 3 heterocycles. The summed E-state index contributed by atoms with van der Waals surface area (Å²) in [5.74, 6) is 0.698. The number of aromatic nitrogens is 3. The highest BCUT2D eigenvalue weighted by atomic mass is 32.1. The maximum atomic E-state index is 5.63. The topological polar surface area (TPSA) is 58.3 Å². The first kappa shape index (κ1) is 13.5. The lowest BCUT2D eigenvalue weighted by atomic mass is 10.3. The molecule has 1 saturated heterocycles. The van der Waals surface area contributed by atoms with Gasteiger partial charge < -0.3 is 14.2 Å². The molecule has 0 aliphatic carbocycles. The van der Waals surface area contributed by atoms with Crippen molar-refractivity contribution < 1.29 is 4.42 Å². The minimum atomic E-state index is 0.640. The standard InChI is InChI=1S/C15H17N5OS/c1-2-13-17-18-14(21-13)19-7-9-20(10-8-19)15-16-11-5-3-4-6-12(11)22-15/h3-6H,2,7-10H2,1H3. The fourth-order valence-electron chi connectivity index (χ4n) is 2.60. The molecule has 1 aliphatic heterocycles. The van der Waals surface area contributed by atoms with E-state index in [4.69, 9.17) is 9.40 Å². The Kier molecular flexibility index (Phi) is 3.42. The van der Waals surface area contributed by atoms with Gasteiger partial charge in [0.2, 0.25) is 5.89 Å². The summed E-state index contributed by atoms with van der Waals surface area (Å²) in [6, 6.07) is 8.92. The molecular weight excluding hydrogens is 298 g/mol. The Morgan fingerprint density at radius 3 is 2.59 bits per heavy atom. The summed E-state index contributed by atoms with van der Waals surface area (Å²) in [6.07, 6.45) is 0.776. The molecule has 22 heavy (non-hydrogen) atoms. The van der Waals surface area contributed by atoms with Crippen LogP contribution < -0.4 is 9.80 Å². The van der Waals surface area contributed by atoms with Crippen LogP contribution in [-0.2, 0) is 6.42 Å². The lowest BCUT2D eigenvalue weighted by molar-refractivity contribution is 0.479. The lowest BCUT2D eigenvalue weighted by Crippen LogP contribution is -2.46. The molecule has 0 N–H and O–H groups in total. The fourth-order valence-corrected chi connectivity index (χ4v) is 3.62. The number of piperazine rings is 1. The van der Waals surface area contributed by atoms with Crippen molar-refractivity contribution in [2.75, 3.05) is 36.0 Å². The van der Waals surface area contributed by atoms with E-state index in [1.54, 1.807) is 11.3 Å². The molecule has 0 bridgehead atoms. The van der Waals surface area contributed by atoms with Crippen LogP contribution in [0.25, 0.3) is 10.2 Å². The Hall–Kier alpha value is -2.15. The van der Waals surface area contributed by atoms with Crippen LogP contribution in [0.4, 0.5) is 11.1 Å². The number of hydrogen-bond donors (Lipinski definition) is 0. The Labute approximate surface area is 132 Å². The molecule has 3 aromatic rings. The van der Waals surface area contributed by atoms with Crippen LogP contribution in [0.2, 0.25) is 0 Å². The van der Waals surface area contributed by atoms with Crippen LogP contribution in [0.5, 0.6) is 0 Å². The minimum Gasteiger partial charge on any atom is -0.408 e. The van der Waals surface area contributed by atoms with Crippen molar-refractivity contribution in [2.24, 2.45) is 0 Å². The zero-order valence-corrected chi connectivity index (χ0v) is 13.2. The second-order valence-corrected chi connectivity index (χ2v) is 6.28. The number of nitrogens with zero attached hydrogens (tertiary/aromatic N) is 5. The van der Waals surface area contributed by atoms with Gasteiger partial charge in [-0.15, -0.1) is 5.10 Å². The van der Waals surface area contributed by atoms with Crippen molar-refractivity contribution in [2.45, 2.75) is 13.3 Å². The van der Waals surface area contributed by atoms with Gasteiger partial charge in [0.05, 0.1) is 10.2 Å². The minimum absolute atomic E-state index is 0.640. The van der Waals surface area contributed by atoms with Gasteiger partial charge in [-0.05, 0) is 12.1 Å². The fraction of sp³-hybridized carbons (Fsp3) is 0.400. The van der Waals surface area contributed by atoms with E-state index in [9.17, 15) is 0 Å². The zero-order chi connectivity index (χ0) is 14.9. The van der Waals surface area contributed by atoms with E-state index in [1.807, 2.05) is 13.0 Å². The molecule has 0 unspecified atom stereocenters. The van der Waals surface area contributed by atoms with Gasteiger partial charge in [-0.1, -0.05) is 35.5 Å². The Morgan fingerprint density at radius 2 is 1.86 bits per heavy atom. The van der Waals surface area contributed by atoms with Crippen LogP contribution in [0, 0.1) is 0 Å². The van der Waals surface area contributed by atoms with Gasteiger partial charge in [-0.25, -0.2) is 4.98 Å². The van der Waals surface area contributed by atoms with Gasteiger partial charge in [0.25, 0.3) is 0 Å². The molecule has 4 rings (SSSR count). The predicted octanol–water partition coefficient (Wildman–Crippen LogP) is 2.57. The Balaban J connectivity index is 1.47. The van der Waals surface area contributed by atoms with E-state index >= 15 is 0 Å². The lowest BCUT2D eigenvalue weighted by Gasteiger charge is -2.33. The number of thiazole rings is 1. The summed E-state index contributed by atoms with van der Waals surface area (Å²) in [4.78, 5) is 9.21. The maximum absolute atomic E-state index is 5.63. The van der Waals surface area contributed by atoms with E-state index in [2.05, 4.69) is 38.2 Å². The van der Waals surface area contributed by atoms with Crippen LogP contribution in [0.1, 0.15) is 12.8 Å². The highest BCUT2D eigenvalue weighted by Crippen LogP contribution is 2.29. The summed E-state index contributed by atoms with van der Waals surface area (Å²) < 4.78 is 6.87. The summed E-state index contributed by atoms with van der Waals surface area (Å²) in [7, 11) is 0. The molecule has 0 amide bonds. The number of hydrogen-bond acceptors (Lipinski definition) is 7. The Morgan fingerprint density at radius 1 is 1.09 bits per heavy atom. The smallest absolute Gasteiger partial charge is 0.318 e. The Bertz CT molecular complexity index is 742. The van der Waals surface area contributed by atoms with Gasteiger partial charge in [-0.2, -0.15) is 0 Å². The van der Waals surface area contributed by atoms with E-state index in [0.29, 0.717) is 11.9 Å². The molecule has 2 aromatic heterocycles. The second-order valence-electron chi connectivity index (χ2n) is 5.27. The van der Waals surface area contributed by atoms with E-state index in [-0.39, 0.29) is 0 Å². The summed E-state index contributed by atoms with van der Waals surface area (Å²) in [5, 5.41) is 9.25. The second kappa shape index (κ2) is 5.57. The number of anilines is 2. The quantitative estimate of drug-likeness (QED) is 0.740. The first-order chi connectivity index (χ1) is 10.8. The third kappa shape index (κ3) is 2.41. The molecule has 7 heteroatoms. The van der Waals surface area contributed by atoms with Gasteiger partial charge in [-0.3, -0.25) is 0 Å². The van der Waals surface area contributed by atoms with Crippen LogP contribution in [0.15, 0.2) is 28.7 Å². The first-order valence-electron chi connectivity index (χ1n) is 7.51. The molecule has 0 spiro atoms. The van der Waals surface area contributed by atoms with Gasteiger partial charge in [0.15, 0.2) is 5.13 Å². The van der Waals surface area contributed by atoms with Gasteiger partial charge in [0.1, 0.15) is 0 Å². The number of fused-ring (bicyclic) bond motifs is 1. The molecule has 0 radical (unpaired) electrons. The number of para-hydroxylation sites is 1. The van der Waals surface area contributed by atoms with E-state index < -0.39 is 0 Å². The molecule has 114 valence electrons. The third-order valence-corrected chi connectivity index (χ3v) is 4.96. The summed E-state index contributed by atoms with van der Waals surface area (Å²) in [5.41, 5.74) is 1.08. The summed E-state index contributed by atoms with van der Waals surface area (Å²) >= 11 is 1.75. The molecule has 1 aliphatic rings. The van der Waals surface area contributed by atoms with Crippen molar-refractivity contribution in [3.63, 3.8) is 0 Å². The molecule has 1 aromatic carbocycles. The normalized spacial score (nSPS) is 15.7. The monoisotopic (exact) mass is 315 g/mol. The zero-order valence-electron chi connectivity index (χ0n) is 12.4. The molecule has 1 fully saturated rings. The molecule has 0 atom stereocenters. The average Bonchev–Trinajstić information content (AvgIpc) is 3.21. The van der Waals surface area contributed by atoms with Gasteiger partial charge >= 0.3 is 6.01 Å². The van der Waals surface area contributed by atoms with Crippen molar-refractivity contribution >= 4 is 32.7 Å². The molecule has 6 nitrogen and oxygen atoms in total. The largest absolute Gasteiger partial charge is 0.408 e. The van der Waals surface area contributed by atoms with Gasteiger partial charge in [0, 0.05) is 32.6 Å². The number of rotatable bonds is 3. The molecule has 0 saturated carbocycles. The highest BCUT2D eigenvalue weighted by Gasteiger charge is 2.23. The van der Waals surface area contributed by atoms with E-state index in [1.165, 1.54) is 4.70 Å². The molecular formula is C15H17N5OS. The third-order valence-electron chi connectivity index (χ3n) is 3.86. The van der Waals surface area contributed by atoms with Crippen molar-refractivity contribution in [3.8, 4) is 0 Å². The number of benzene rings is 1. The average molecular weight is 315 g/mol. The predicted molar refractivity (Wildman–Crippen MR) is 87.7 cm³/mol. The first-order valence-corrected chi connectivity index (χ1v) is 8.33. The van der Waals surface area contributed by atoms with Crippen molar-refractivity contribution in [1.82, 2.24) is 15.2 Å². The highest BCUT2D eigenvalue weighted by molar-refractivity contribution is 7.22. The van der Waals surface area contributed by atoms with Crippen molar-refractivity contribution in [1.29, 1.82) is 0 Å². The van der Waals surface area contributed by atoms with Crippen LogP contribution >= 0.6 is 11.3 Å². The van der Waals surface area contributed by atoms with Crippen LogP contribution in [-0.4, -0.2) is 41.4 Å². The number of aryl methyl sites for hydroxylation is 1. The van der Waals surface area contributed by atoms with Crippen molar-refractivity contribution in [3.05, 3.63) is 30.2 Å². The van der Waals surface area contributed by atoms with E-state index in [0.717, 1.165) is 43.2 Å². The van der Waals surface area contributed by atoms with Crippen LogP contribution in [0.3, 0.4) is 0 Å². The SMILES string of the molecule is CCc1nnc(N2CCN(c3nc4ccccc4s3)CC2)o1. The maximum Gasteiger partial charge on any atom is 0.318 e.